The van der Waals surface area contributed by atoms with Gasteiger partial charge in [0.1, 0.15) is 0 Å². The van der Waals surface area contributed by atoms with Crippen LogP contribution in [0.15, 0.2) is 0 Å². The Balaban J connectivity index is 0. The SMILES string of the molecule is O.[In].[Mg].[Zn]. The molecule has 0 spiro atoms. The molecule has 0 aliphatic heterocycles. The smallest absolute Gasteiger partial charge is 0 e. The van der Waals surface area contributed by atoms with Crippen LogP contribution in [0.5, 0.6) is 0 Å². The summed E-state index contributed by atoms with van der Waals surface area (Å²) in [6.45, 7) is 0. The summed E-state index contributed by atoms with van der Waals surface area (Å²) in [5.74, 6) is 0. The molecule has 0 saturated heterocycles. The molecule has 0 aliphatic rings. The minimum atomic E-state index is 0. The zero-order valence-corrected chi connectivity index (χ0v) is 10.2. The summed E-state index contributed by atoms with van der Waals surface area (Å²) in [6.07, 6.45) is 0. The van der Waals surface area contributed by atoms with Crippen molar-refractivity contribution in [3.63, 3.8) is 0 Å². The van der Waals surface area contributed by atoms with E-state index in [0.717, 1.165) is 0 Å². The molecule has 2 N–H and O–H groups in total. The van der Waals surface area contributed by atoms with Crippen molar-refractivity contribution in [3.8, 4) is 0 Å². The Morgan fingerprint density at radius 3 is 1.00 bits per heavy atom. The van der Waals surface area contributed by atoms with Gasteiger partial charge < -0.3 is 5.48 Å². The first kappa shape index (κ1) is 34.4. The van der Waals surface area contributed by atoms with Crippen molar-refractivity contribution >= 4 is 48.9 Å². The average Bonchev–Trinajstić information content (AvgIpc) is 0. The van der Waals surface area contributed by atoms with Crippen LogP contribution in [0.4, 0.5) is 0 Å². The molecule has 0 fully saturated rings. The van der Waals surface area contributed by atoms with E-state index >= 15 is 0 Å². The Hall–Kier alpha value is 2.22. The molecule has 4 heavy (non-hydrogen) atoms. The van der Waals surface area contributed by atoms with Crippen LogP contribution in [0.3, 0.4) is 0 Å². The first-order valence-corrected chi connectivity index (χ1v) is 0. The van der Waals surface area contributed by atoms with Crippen LogP contribution in [-0.2, 0) is 19.5 Å². The second kappa shape index (κ2) is 18.9. The molecule has 15 valence electrons. The Bertz CT molecular complexity index is 8.00. The van der Waals surface area contributed by atoms with E-state index < -0.39 is 0 Å². The van der Waals surface area contributed by atoms with Crippen LogP contribution >= 0.6 is 0 Å². The Labute approximate surface area is 72.9 Å². The van der Waals surface area contributed by atoms with Crippen LogP contribution in [0.2, 0.25) is 0 Å². The van der Waals surface area contributed by atoms with Crippen LogP contribution < -0.4 is 0 Å². The van der Waals surface area contributed by atoms with Crippen molar-refractivity contribution in [1.82, 2.24) is 0 Å². The maximum absolute atomic E-state index is 0. The van der Waals surface area contributed by atoms with Gasteiger partial charge in [-0.2, -0.15) is 0 Å². The molecule has 0 unspecified atom stereocenters. The molecule has 1 nitrogen and oxygen atoms in total. The predicted molar refractivity (Wildman–Crippen MR) is 15.1 cm³/mol. The van der Waals surface area contributed by atoms with Crippen LogP contribution in [0, 0.1) is 0 Å². The summed E-state index contributed by atoms with van der Waals surface area (Å²) in [5.41, 5.74) is 0. The molecule has 0 saturated carbocycles. The Morgan fingerprint density at radius 1 is 1.00 bits per heavy atom. The molecule has 0 aromatic heterocycles. The van der Waals surface area contributed by atoms with E-state index in [1.165, 1.54) is 0 Å². The van der Waals surface area contributed by atoms with Crippen molar-refractivity contribution < 1.29 is 25.0 Å². The van der Waals surface area contributed by atoms with E-state index in [2.05, 4.69) is 0 Å². The van der Waals surface area contributed by atoms with Gasteiger partial charge in [-0.05, 0) is 0 Å². The van der Waals surface area contributed by atoms with E-state index in [-0.39, 0.29) is 73.9 Å². The normalized spacial score (nSPS) is 0. The standard InChI is InChI=1S/In.Mg.H2O.Zn/h;;1H2;. The number of hydrogen-bond acceptors (Lipinski definition) is 0. The topological polar surface area (TPSA) is 31.5 Å². The summed E-state index contributed by atoms with van der Waals surface area (Å²) in [6, 6.07) is 0. The van der Waals surface area contributed by atoms with E-state index in [0.29, 0.717) is 0 Å². The minimum Gasteiger partial charge on any atom is -0.412 e. The maximum atomic E-state index is 0. The van der Waals surface area contributed by atoms with E-state index in [1.807, 2.05) is 0 Å². The molecular weight excluding hydrogens is 221 g/mol. The zero-order chi connectivity index (χ0) is 0. The molecule has 0 rings (SSSR count). The van der Waals surface area contributed by atoms with E-state index in [4.69, 9.17) is 0 Å². The molecular formula is H2InMgOZn. The minimum absolute atomic E-state index is 0. The first-order valence-electron chi connectivity index (χ1n) is 0. The molecule has 0 bridgehead atoms. The van der Waals surface area contributed by atoms with E-state index in [1.54, 1.807) is 0 Å². The Morgan fingerprint density at radius 2 is 1.00 bits per heavy atom. The molecule has 5 radical (unpaired) electrons. The number of hydrogen-bond donors (Lipinski definition) is 0. The van der Waals surface area contributed by atoms with Crippen LogP contribution in [0.25, 0.3) is 0 Å². The third-order valence-electron chi connectivity index (χ3n) is 0. The quantitative estimate of drug-likeness (QED) is 0.443. The molecule has 4 heteroatoms. The summed E-state index contributed by atoms with van der Waals surface area (Å²) >= 11 is 0. The van der Waals surface area contributed by atoms with Gasteiger partial charge in [0.05, 0.1) is 0 Å². The van der Waals surface area contributed by atoms with Gasteiger partial charge in [0.15, 0.2) is 0 Å². The molecule has 0 aromatic rings. The molecule has 0 aromatic carbocycles. The summed E-state index contributed by atoms with van der Waals surface area (Å²) in [7, 11) is 0. The largest absolute Gasteiger partial charge is 0.412 e. The van der Waals surface area contributed by atoms with Gasteiger partial charge in [0, 0.05) is 68.4 Å². The van der Waals surface area contributed by atoms with Crippen molar-refractivity contribution in [2.24, 2.45) is 0 Å². The molecule has 0 amide bonds. The van der Waals surface area contributed by atoms with E-state index in [9.17, 15) is 0 Å². The van der Waals surface area contributed by atoms with Gasteiger partial charge in [-0.25, -0.2) is 0 Å². The fourth-order valence-electron chi connectivity index (χ4n) is 0. The van der Waals surface area contributed by atoms with Gasteiger partial charge in [-0.3, -0.25) is 0 Å². The monoisotopic (exact) mass is 221 g/mol. The Kier molecular flexibility index (Phi) is 162. The van der Waals surface area contributed by atoms with Crippen molar-refractivity contribution in [2.75, 3.05) is 0 Å². The summed E-state index contributed by atoms with van der Waals surface area (Å²) in [5, 5.41) is 0. The van der Waals surface area contributed by atoms with Gasteiger partial charge >= 0.3 is 0 Å². The molecule has 0 aliphatic carbocycles. The summed E-state index contributed by atoms with van der Waals surface area (Å²) < 4.78 is 0. The first-order chi connectivity index (χ1) is 0. The van der Waals surface area contributed by atoms with Gasteiger partial charge in [-0.15, -0.1) is 0 Å². The predicted octanol–water partition coefficient (Wildman–Crippen LogP) is -1.59. The second-order valence-electron chi connectivity index (χ2n) is 0. The van der Waals surface area contributed by atoms with Crippen LogP contribution in [0.1, 0.15) is 0 Å². The van der Waals surface area contributed by atoms with Crippen LogP contribution in [-0.4, -0.2) is 54.4 Å². The van der Waals surface area contributed by atoms with Gasteiger partial charge in [-0.1, -0.05) is 0 Å². The van der Waals surface area contributed by atoms with Crippen molar-refractivity contribution in [3.05, 3.63) is 0 Å². The average molecular weight is 223 g/mol. The summed E-state index contributed by atoms with van der Waals surface area (Å²) in [4.78, 5) is 0. The third-order valence-corrected chi connectivity index (χ3v) is 0. The second-order valence-corrected chi connectivity index (χ2v) is 0. The molecule has 0 atom stereocenters. The van der Waals surface area contributed by atoms with Crippen molar-refractivity contribution in [2.45, 2.75) is 0 Å². The number of rotatable bonds is 0. The zero-order valence-electron chi connectivity index (χ0n) is 2.49. The fraction of sp³-hybridized carbons (Fsp3) is 0. The molecule has 0 heterocycles. The van der Waals surface area contributed by atoms with Gasteiger partial charge in [0.2, 0.25) is 0 Å². The van der Waals surface area contributed by atoms with Gasteiger partial charge in [0.25, 0.3) is 0 Å². The maximum Gasteiger partial charge on any atom is 0 e. The third kappa shape index (κ3) is 8.88. The fourth-order valence-corrected chi connectivity index (χ4v) is 0. The van der Waals surface area contributed by atoms with Crippen molar-refractivity contribution in [1.29, 1.82) is 0 Å².